The van der Waals surface area contributed by atoms with Crippen LogP contribution in [0.2, 0.25) is 0 Å². The van der Waals surface area contributed by atoms with Crippen molar-refractivity contribution in [2.75, 3.05) is 0 Å². The van der Waals surface area contributed by atoms with Gasteiger partial charge in [-0.1, -0.05) is 12.8 Å². The molecule has 0 aromatic carbocycles. The van der Waals surface area contributed by atoms with Crippen molar-refractivity contribution in [1.29, 1.82) is 0 Å². The highest BCUT2D eigenvalue weighted by Crippen LogP contribution is 2.59. The van der Waals surface area contributed by atoms with Gasteiger partial charge in [0.15, 0.2) is 0 Å². The molecule has 6 unspecified atom stereocenters. The quantitative estimate of drug-likeness (QED) is 0.801. The average molecular weight is 318 g/mol. The van der Waals surface area contributed by atoms with E-state index in [1.165, 1.54) is 38.9 Å². The predicted octanol–water partition coefficient (Wildman–Crippen LogP) is 3.19. The van der Waals surface area contributed by atoms with Crippen LogP contribution in [0.4, 0.5) is 0 Å². The van der Waals surface area contributed by atoms with E-state index in [0.717, 1.165) is 6.42 Å². The van der Waals surface area contributed by atoms with Gasteiger partial charge in [0.05, 0.1) is 6.26 Å². The second-order valence-corrected chi connectivity index (χ2v) is 7.10. The molecule has 5 heteroatoms. The van der Waals surface area contributed by atoms with Crippen LogP contribution in [0.25, 0.3) is 0 Å². The second-order valence-electron chi connectivity index (χ2n) is 7.10. The number of furan rings is 1. The molecule has 0 N–H and O–H groups in total. The summed E-state index contributed by atoms with van der Waals surface area (Å²) in [6, 6.07) is 3.26. The Balaban J connectivity index is 1.56. The van der Waals surface area contributed by atoms with Crippen molar-refractivity contribution in [3.63, 3.8) is 0 Å². The first kappa shape index (κ1) is 14.8. The Hall–Kier alpha value is -1.78. The SMILES string of the molecule is CC(=O)OC1C2CC(C3CCCCC32)C1OC(=O)c1ccco1. The lowest BCUT2D eigenvalue weighted by atomic mass is 9.69. The Morgan fingerprint density at radius 1 is 1.04 bits per heavy atom. The third-order valence-electron chi connectivity index (χ3n) is 5.95. The van der Waals surface area contributed by atoms with Gasteiger partial charge in [-0.2, -0.15) is 0 Å². The number of carbonyl (C=O) groups is 2. The summed E-state index contributed by atoms with van der Waals surface area (Å²) in [6.07, 6.45) is 6.75. The Labute approximate surface area is 135 Å². The molecule has 3 fully saturated rings. The first-order valence-electron chi connectivity index (χ1n) is 8.57. The van der Waals surface area contributed by atoms with Crippen molar-refractivity contribution in [3.8, 4) is 0 Å². The molecule has 5 nitrogen and oxygen atoms in total. The molecular formula is C18H22O5. The molecule has 0 saturated heterocycles. The number of carbonyl (C=O) groups excluding carboxylic acids is 2. The van der Waals surface area contributed by atoms with Crippen molar-refractivity contribution in [2.45, 2.75) is 51.2 Å². The molecule has 0 spiro atoms. The van der Waals surface area contributed by atoms with Crippen LogP contribution in [0, 0.1) is 23.7 Å². The standard InChI is InChI=1S/C18H22O5/c1-10(19)22-16-13-9-14(12-6-3-2-5-11(12)13)17(16)23-18(20)15-7-4-8-21-15/h4,7-8,11-14,16-17H,2-3,5-6,9H2,1H3. The summed E-state index contributed by atoms with van der Waals surface area (Å²) >= 11 is 0. The number of esters is 2. The van der Waals surface area contributed by atoms with Crippen LogP contribution in [-0.2, 0) is 14.3 Å². The highest BCUT2D eigenvalue weighted by atomic mass is 16.6. The third-order valence-corrected chi connectivity index (χ3v) is 5.95. The maximum absolute atomic E-state index is 12.3. The smallest absolute Gasteiger partial charge is 0.374 e. The highest BCUT2D eigenvalue weighted by molar-refractivity contribution is 5.86. The van der Waals surface area contributed by atoms with Gasteiger partial charge in [-0.05, 0) is 43.2 Å². The van der Waals surface area contributed by atoms with E-state index in [0.29, 0.717) is 23.7 Å². The van der Waals surface area contributed by atoms with Crippen LogP contribution in [0.3, 0.4) is 0 Å². The van der Waals surface area contributed by atoms with Crippen molar-refractivity contribution >= 4 is 11.9 Å². The van der Waals surface area contributed by atoms with Gasteiger partial charge in [0.1, 0.15) is 12.2 Å². The summed E-state index contributed by atoms with van der Waals surface area (Å²) in [5.74, 6) is 1.32. The summed E-state index contributed by atoms with van der Waals surface area (Å²) in [7, 11) is 0. The fraction of sp³-hybridized carbons (Fsp3) is 0.667. The lowest BCUT2D eigenvalue weighted by Gasteiger charge is -2.42. The largest absolute Gasteiger partial charge is 0.458 e. The Kier molecular flexibility index (Phi) is 3.66. The zero-order chi connectivity index (χ0) is 16.0. The Bertz CT molecular complexity index is 593. The topological polar surface area (TPSA) is 65.7 Å². The molecule has 0 aliphatic heterocycles. The van der Waals surface area contributed by atoms with E-state index in [2.05, 4.69) is 0 Å². The lowest BCUT2D eigenvalue weighted by molar-refractivity contribution is -0.162. The molecule has 1 aromatic heterocycles. The van der Waals surface area contributed by atoms with E-state index in [4.69, 9.17) is 13.9 Å². The highest BCUT2D eigenvalue weighted by Gasteiger charge is 2.61. The van der Waals surface area contributed by atoms with Crippen LogP contribution in [-0.4, -0.2) is 24.1 Å². The minimum atomic E-state index is -0.461. The van der Waals surface area contributed by atoms with Crippen molar-refractivity contribution in [2.24, 2.45) is 23.7 Å². The lowest BCUT2D eigenvalue weighted by Crippen LogP contribution is -2.47. The van der Waals surface area contributed by atoms with E-state index >= 15 is 0 Å². The van der Waals surface area contributed by atoms with E-state index in [1.54, 1.807) is 12.1 Å². The van der Waals surface area contributed by atoms with Crippen LogP contribution >= 0.6 is 0 Å². The Morgan fingerprint density at radius 3 is 2.26 bits per heavy atom. The molecule has 0 radical (unpaired) electrons. The number of fused-ring (bicyclic) bond motifs is 5. The van der Waals surface area contributed by atoms with Crippen molar-refractivity contribution < 1.29 is 23.5 Å². The van der Waals surface area contributed by atoms with Gasteiger partial charge in [-0.25, -0.2) is 4.79 Å². The molecule has 4 rings (SSSR count). The van der Waals surface area contributed by atoms with Gasteiger partial charge >= 0.3 is 11.9 Å². The fourth-order valence-electron chi connectivity index (χ4n) is 5.23. The maximum atomic E-state index is 12.3. The fourth-order valence-corrected chi connectivity index (χ4v) is 5.23. The zero-order valence-electron chi connectivity index (χ0n) is 13.3. The van der Waals surface area contributed by atoms with Gasteiger partial charge in [0.2, 0.25) is 5.76 Å². The molecule has 2 bridgehead atoms. The molecule has 3 aliphatic rings. The number of ether oxygens (including phenoxy) is 2. The zero-order valence-corrected chi connectivity index (χ0v) is 13.3. The van der Waals surface area contributed by atoms with Gasteiger partial charge in [-0.3, -0.25) is 4.79 Å². The molecule has 3 saturated carbocycles. The second kappa shape index (κ2) is 5.69. The molecule has 1 heterocycles. The Morgan fingerprint density at radius 2 is 1.70 bits per heavy atom. The van der Waals surface area contributed by atoms with Gasteiger partial charge in [0, 0.05) is 18.8 Å². The number of hydrogen-bond acceptors (Lipinski definition) is 5. The molecule has 6 atom stereocenters. The van der Waals surface area contributed by atoms with Crippen molar-refractivity contribution in [3.05, 3.63) is 24.2 Å². The molecule has 0 amide bonds. The average Bonchev–Trinajstić information content (AvgIpc) is 3.23. The minimum absolute atomic E-state index is 0.203. The summed E-state index contributed by atoms with van der Waals surface area (Å²) in [6.45, 7) is 1.43. The number of hydrogen-bond donors (Lipinski definition) is 0. The number of rotatable bonds is 3. The summed E-state index contributed by atoms with van der Waals surface area (Å²) in [5, 5.41) is 0. The predicted molar refractivity (Wildman–Crippen MR) is 80.5 cm³/mol. The third kappa shape index (κ3) is 2.46. The molecule has 124 valence electrons. The van der Waals surface area contributed by atoms with E-state index < -0.39 is 5.97 Å². The molecule has 3 aliphatic carbocycles. The van der Waals surface area contributed by atoms with Gasteiger partial charge in [0.25, 0.3) is 0 Å². The van der Waals surface area contributed by atoms with Crippen molar-refractivity contribution in [1.82, 2.24) is 0 Å². The first-order valence-corrected chi connectivity index (χ1v) is 8.57. The van der Waals surface area contributed by atoms with E-state index in [-0.39, 0.29) is 23.9 Å². The summed E-state index contributed by atoms with van der Waals surface area (Å²) in [4.78, 5) is 23.8. The van der Waals surface area contributed by atoms with Crippen LogP contribution < -0.4 is 0 Å². The van der Waals surface area contributed by atoms with Crippen LogP contribution in [0.1, 0.15) is 49.6 Å². The molecular weight excluding hydrogens is 296 g/mol. The monoisotopic (exact) mass is 318 g/mol. The van der Waals surface area contributed by atoms with Crippen LogP contribution in [0.5, 0.6) is 0 Å². The summed E-state index contributed by atoms with van der Waals surface area (Å²) < 4.78 is 16.4. The van der Waals surface area contributed by atoms with Gasteiger partial charge in [-0.15, -0.1) is 0 Å². The van der Waals surface area contributed by atoms with Crippen LogP contribution in [0.15, 0.2) is 22.8 Å². The first-order chi connectivity index (χ1) is 11.1. The van der Waals surface area contributed by atoms with E-state index in [9.17, 15) is 9.59 Å². The van der Waals surface area contributed by atoms with Gasteiger partial charge < -0.3 is 13.9 Å². The maximum Gasteiger partial charge on any atom is 0.374 e. The summed E-state index contributed by atoms with van der Waals surface area (Å²) in [5.41, 5.74) is 0. The minimum Gasteiger partial charge on any atom is -0.458 e. The van der Waals surface area contributed by atoms with E-state index in [1.807, 2.05) is 0 Å². The normalized spacial score (nSPS) is 38.1. The molecule has 23 heavy (non-hydrogen) atoms. The molecule has 1 aromatic rings.